The molecule has 1 radical (unpaired) electrons. The molecule has 1 atom stereocenters. The van der Waals surface area contributed by atoms with Crippen molar-refractivity contribution in [3.63, 3.8) is 0 Å². The lowest BCUT2D eigenvalue weighted by atomic mass is 10.2. The molecule has 0 saturated carbocycles. The molecule has 0 saturated heterocycles. The van der Waals surface area contributed by atoms with Crippen LogP contribution in [0.5, 0.6) is 0 Å². The molecule has 6 heteroatoms. The summed E-state index contributed by atoms with van der Waals surface area (Å²) in [6, 6.07) is 0. The quantitative estimate of drug-likeness (QED) is 0.377. The van der Waals surface area contributed by atoms with Crippen LogP contribution in [0.2, 0.25) is 0 Å². The third kappa shape index (κ3) is 6.68. The van der Waals surface area contributed by atoms with Gasteiger partial charge in [-0.05, 0) is 10.7 Å². The maximum absolute atomic E-state index is 10.5. The standard InChI is InChI=1S/C6H15NO4S/c1-2-3-4-5-6-10-12(8,9)11-7/h2-7H2,1H3/q+1. The first kappa shape index (κ1) is 12.0. The molecular weight excluding hydrogens is 182 g/mol. The van der Waals surface area contributed by atoms with Gasteiger partial charge in [-0.1, -0.05) is 26.2 Å². The molecule has 73 valence electrons. The number of unbranched alkanes of at least 4 members (excludes halogenated alkanes) is 3. The monoisotopic (exact) mass is 197 g/mol. The molecule has 0 bridgehead atoms. The minimum absolute atomic E-state index is 0.138. The predicted octanol–water partition coefficient (Wildman–Crippen LogP) is 1.15. The Hall–Kier alpha value is -0.0100. The van der Waals surface area contributed by atoms with Crippen molar-refractivity contribution < 1.29 is 17.2 Å². The zero-order chi connectivity index (χ0) is 9.45. The molecule has 0 aromatic heterocycles. The van der Waals surface area contributed by atoms with E-state index in [0.29, 0.717) is 6.42 Å². The highest BCUT2D eigenvalue weighted by Gasteiger charge is 2.31. The lowest BCUT2D eigenvalue weighted by molar-refractivity contribution is 0.152. The second-order valence-corrected chi connectivity index (χ2v) is 3.63. The molecule has 0 fully saturated rings. The molecule has 1 unspecified atom stereocenters. The van der Waals surface area contributed by atoms with E-state index in [1.54, 1.807) is 0 Å². The van der Waals surface area contributed by atoms with Gasteiger partial charge in [-0.2, -0.15) is 5.90 Å². The smallest absolute Gasteiger partial charge is 0.158 e. The van der Waals surface area contributed by atoms with E-state index < -0.39 is 10.8 Å². The highest BCUT2D eigenvalue weighted by Crippen LogP contribution is 2.05. The van der Waals surface area contributed by atoms with Crippen molar-refractivity contribution in [2.75, 3.05) is 6.61 Å². The first-order valence-electron chi connectivity index (χ1n) is 3.90. The summed E-state index contributed by atoms with van der Waals surface area (Å²) in [6.07, 6.45) is 3.83. The molecule has 0 aliphatic carbocycles. The van der Waals surface area contributed by atoms with Crippen molar-refractivity contribution in [1.82, 2.24) is 0 Å². The Morgan fingerprint density at radius 3 is 2.50 bits per heavy atom. The van der Waals surface area contributed by atoms with Gasteiger partial charge in [0.1, 0.15) is 11.2 Å². The zero-order valence-corrected chi connectivity index (χ0v) is 7.97. The highest BCUT2D eigenvalue weighted by molar-refractivity contribution is 7.88. The van der Waals surface area contributed by atoms with E-state index in [-0.39, 0.29) is 6.61 Å². The van der Waals surface area contributed by atoms with Gasteiger partial charge in [-0.3, -0.25) is 0 Å². The van der Waals surface area contributed by atoms with Crippen LogP contribution in [0, 0.1) is 0 Å². The minimum Gasteiger partial charge on any atom is -0.158 e. The average Bonchev–Trinajstić information content (AvgIpc) is 2.04. The molecule has 0 heterocycles. The summed E-state index contributed by atoms with van der Waals surface area (Å²) < 4.78 is 28.9. The maximum atomic E-state index is 10.5. The van der Waals surface area contributed by atoms with E-state index in [0.717, 1.165) is 19.3 Å². The molecule has 0 spiro atoms. The van der Waals surface area contributed by atoms with Gasteiger partial charge in [0.15, 0.2) is 0 Å². The molecule has 12 heavy (non-hydrogen) atoms. The highest BCUT2D eigenvalue weighted by atomic mass is 32.3. The van der Waals surface area contributed by atoms with Crippen molar-refractivity contribution in [3.05, 3.63) is 0 Å². The van der Waals surface area contributed by atoms with E-state index in [9.17, 15) is 8.76 Å². The van der Waals surface area contributed by atoms with Crippen molar-refractivity contribution >= 4 is 10.8 Å². The van der Waals surface area contributed by atoms with E-state index in [1.165, 1.54) is 0 Å². The van der Waals surface area contributed by atoms with E-state index in [4.69, 9.17) is 0 Å². The van der Waals surface area contributed by atoms with Gasteiger partial charge in [0, 0.05) is 4.21 Å². The second-order valence-electron chi connectivity index (χ2n) is 2.39. The molecule has 5 nitrogen and oxygen atoms in total. The van der Waals surface area contributed by atoms with Gasteiger partial charge < -0.3 is 0 Å². The van der Waals surface area contributed by atoms with Gasteiger partial charge in [0.25, 0.3) is 0 Å². The van der Waals surface area contributed by atoms with Crippen LogP contribution in [0.3, 0.4) is 0 Å². The summed E-state index contributed by atoms with van der Waals surface area (Å²) in [5.41, 5.74) is 0. The lowest BCUT2D eigenvalue weighted by Gasteiger charge is -1.96. The third-order valence-electron chi connectivity index (χ3n) is 1.34. The zero-order valence-electron chi connectivity index (χ0n) is 7.15. The van der Waals surface area contributed by atoms with Crippen LogP contribution in [0.1, 0.15) is 32.6 Å². The number of nitrogens with two attached hydrogens (primary N) is 1. The fraction of sp³-hybridized carbons (Fsp3) is 1.00. The lowest BCUT2D eigenvalue weighted by Crippen LogP contribution is -2.20. The van der Waals surface area contributed by atoms with Crippen LogP contribution in [0.15, 0.2) is 0 Å². The van der Waals surface area contributed by atoms with Crippen LogP contribution >= 0.6 is 0 Å². The Morgan fingerprint density at radius 2 is 2.00 bits per heavy atom. The Kier molecular flexibility index (Phi) is 6.49. The Bertz CT molecular complexity index is 152. The fourth-order valence-electron chi connectivity index (χ4n) is 0.718. The first-order valence-corrected chi connectivity index (χ1v) is 5.23. The Labute approximate surface area is 73.8 Å². The van der Waals surface area contributed by atoms with E-state index in [1.807, 2.05) is 0 Å². The Morgan fingerprint density at radius 1 is 1.33 bits per heavy atom. The topological polar surface area (TPSA) is 81.5 Å². The van der Waals surface area contributed by atoms with Crippen molar-refractivity contribution in [3.8, 4) is 0 Å². The van der Waals surface area contributed by atoms with Crippen molar-refractivity contribution in [2.24, 2.45) is 5.90 Å². The van der Waals surface area contributed by atoms with Gasteiger partial charge in [0.05, 0.1) is 0 Å². The number of hydrogen-bond donors (Lipinski definition) is 1. The summed E-state index contributed by atoms with van der Waals surface area (Å²) >= 11 is 0. The predicted molar refractivity (Wildman–Crippen MR) is 44.1 cm³/mol. The maximum Gasteiger partial charge on any atom is 0.564 e. The summed E-state index contributed by atoms with van der Waals surface area (Å²) in [4.78, 5) is 0. The van der Waals surface area contributed by atoms with Crippen LogP contribution < -0.4 is 5.90 Å². The molecule has 0 aromatic carbocycles. The van der Waals surface area contributed by atoms with Gasteiger partial charge in [-0.25, -0.2) is 0 Å². The SMILES string of the molecule is CCCCCCO[S+]([O])(=O)ON. The molecule has 2 N–H and O–H groups in total. The fourth-order valence-corrected chi connectivity index (χ4v) is 1.10. The van der Waals surface area contributed by atoms with Crippen LogP contribution in [-0.2, 0) is 28.0 Å². The first-order chi connectivity index (χ1) is 5.62. The summed E-state index contributed by atoms with van der Waals surface area (Å²) in [5.74, 6) is 4.43. The van der Waals surface area contributed by atoms with Crippen LogP contribution in [-0.4, -0.2) is 6.61 Å². The van der Waals surface area contributed by atoms with Crippen LogP contribution in [0.25, 0.3) is 0 Å². The van der Waals surface area contributed by atoms with Gasteiger partial charge >= 0.3 is 10.8 Å². The number of hydrogen-bond acceptors (Lipinski definition) is 4. The molecule has 0 rings (SSSR count). The molecule has 0 amide bonds. The second kappa shape index (κ2) is 6.50. The normalized spacial score (nSPS) is 15.9. The molecular formula is C6H15NO4S+. The van der Waals surface area contributed by atoms with Gasteiger partial charge in [-0.15, -0.1) is 4.18 Å². The molecule has 0 aliphatic rings. The van der Waals surface area contributed by atoms with E-state index in [2.05, 4.69) is 21.3 Å². The summed E-state index contributed by atoms with van der Waals surface area (Å²) in [5, 5.41) is 0. The third-order valence-corrected chi connectivity index (χ3v) is 2.03. The largest absolute Gasteiger partial charge is 0.564 e. The van der Waals surface area contributed by atoms with E-state index >= 15 is 0 Å². The average molecular weight is 197 g/mol. The minimum atomic E-state index is -3.93. The summed E-state index contributed by atoms with van der Waals surface area (Å²) in [7, 11) is -3.93. The number of rotatable bonds is 7. The van der Waals surface area contributed by atoms with Gasteiger partial charge in [0.2, 0.25) is 0 Å². The molecule has 0 aromatic rings. The van der Waals surface area contributed by atoms with Crippen molar-refractivity contribution in [2.45, 2.75) is 32.6 Å². The Balaban J connectivity index is 3.25. The molecule has 0 aliphatic heterocycles. The summed E-state index contributed by atoms with van der Waals surface area (Å²) in [6.45, 7) is 2.21. The van der Waals surface area contributed by atoms with Crippen LogP contribution in [0.4, 0.5) is 0 Å². The van der Waals surface area contributed by atoms with Crippen molar-refractivity contribution in [1.29, 1.82) is 0 Å².